The van der Waals surface area contributed by atoms with Crippen molar-refractivity contribution in [2.45, 2.75) is 12.1 Å². The van der Waals surface area contributed by atoms with Gasteiger partial charge in [0.05, 0.1) is 13.2 Å². The van der Waals surface area contributed by atoms with Crippen molar-refractivity contribution in [2.24, 2.45) is 0 Å². The van der Waals surface area contributed by atoms with E-state index in [1.165, 1.54) is 30.5 Å². The summed E-state index contributed by atoms with van der Waals surface area (Å²) in [6, 6.07) is 5.01. The van der Waals surface area contributed by atoms with E-state index in [1.807, 2.05) is 0 Å². The molecule has 0 aliphatic carbocycles. The molecule has 1 amide bonds. The van der Waals surface area contributed by atoms with Crippen molar-refractivity contribution >= 4 is 6.09 Å². The second-order valence-electron chi connectivity index (χ2n) is 5.46. The molecule has 1 fully saturated rings. The molecule has 0 bridgehead atoms. The van der Waals surface area contributed by atoms with Crippen LogP contribution in [-0.4, -0.2) is 37.3 Å². The minimum Gasteiger partial charge on any atom is -0.460 e. The first kappa shape index (κ1) is 18.0. The summed E-state index contributed by atoms with van der Waals surface area (Å²) in [5.41, 5.74) is 0.0704. The van der Waals surface area contributed by atoms with Gasteiger partial charge in [-0.25, -0.2) is 18.0 Å². The number of nitrogens with one attached hydrogen (secondary N) is 1. The van der Waals surface area contributed by atoms with Crippen LogP contribution in [0, 0.1) is 11.6 Å². The largest absolute Gasteiger partial charge is 0.460 e. The number of rotatable bonds is 6. The van der Waals surface area contributed by atoms with E-state index in [9.17, 15) is 18.0 Å². The van der Waals surface area contributed by atoms with Crippen LogP contribution in [0.5, 0.6) is 5.75 Å². The first-order valence-electron chi connectivity index (χ1n) is 7.72. The molecule has 9 heteroatoms. The second kappa shape index (κ2) is 8.05. The highest BCUT2D eigenvalue weighted by molar-refractivity contribution is 5.69. The Morgan fingerprint density at radius 2 is 2.12 bits per heavy atom. The van der Waals surface area contributed by atoms with Crippen LogP contribution in [0.25, 0.3) is 0 Å². The van der Waals surface area contributed by atoms with Gasteiger partial charge >= 0.3 is 6.09 Å². The predicted octanol–water partition coefficient (Wildman–Crippen LogP) is 2.88. The summed E-state index contributed by atoms with van der Waals surface area (Å²) >= 11 is 0. The van der Waals surface area contributed by atoms with Gasteiger partial charge in [0.2, 0.25) is 6.86 Å². The molecule has 138 valence electrons. The van der Waals surface area contributed by atoms with Gasteiger partial charge in [-0.3, -0.25) is 4.98 Å². The Bertz CT molecular complexity index is 786. The molecular formula is C17H15F3N2O4. The van der Waals surface area contributed by atoms with Crippen molar-refractivity contribution in [3.8, 4) is 5.75 Å². The maximum atomic E-state index is 14.2. The van der Waals surface area contributed by atoms with E-state index in [4.69, 9.17) is 9.47 Å². The maximum absolute atomic E-state index is 14.2. The van der Waals surface area contributed by atoms with Crippen LogP contribution in [0.15, 0.2) is 36.5 Å². The minimum absolute atomic E-state index is 0.118. The van der Waals surface area contributed by atoms with Gasteiger partial charge in [0, 0.05) is 6.20 Å². The molecule has 6 nitrogen and oxygen atoms in total. The van der Waals surface area contributed by atoms with Gasteiger partial charge in [-0.2, -0.15) is 0 Å². The van der Waals surface area contributed by atoms with Gasteiger partial charge in [-0.05, 0) is 29.8 Å². The lowest BCUT2D eigenvalue weighted by Gasteiger charge is -2.27. The number of halogens is 3. The van der Waals surface area contributed by atoms with Gasteiger partial charge in [-0.15, -0.1) is 0 Å². The van der Waals surface area contributed by atoms with Crippen LogP contribution in [0.1, 0.15) is 17.3 Å². The van der Waals surface area contributed by atoms with Crippen molar-refractivity contribution in [3.05, 3.63) is 59.4 Å². The smallest absolute Gasteiger partial charge is 0.408 e. The van der Waals surface area contributed by atoms with E-state index < -0.39 is 30.6 Å². The molecule has 0 saturated carbocycles. The van der Waals surface area contributed by atoms with Gasteiger partial charge in [0.25, 0.3) is 0 Å². The lowest BCUT2D eigenvalue weighted by molar-refractivity contribution is -0.0982. The summed E-state index contributed by atoms with van der Waals surface area (Å²) < 4.78 is 55.0. The van der Waals surface area contributed by atoms with E-state index in [0.717, 1.165) is 6.07 Å². The highest BCUT2D eigenvalue weighted by Gasteiger charge is 2.27. The quantitative estimate of drug-likeness (QED) is 0.849. The number of carbonyl (C=O) groups excluding carboxylic acids is 1. The highest BCUT2D eigenvalue weighted by Crippen LogP contribution is 2.27. The summed E-state index contributed by atoms with van der Waals surface area (Å²) in [7, 11) is 0. The van der Waals surface area contributed by atoms with Crippen LogP contribution in [0.2, 0.25) is 0 Å². The fourth-order valence-electron chi connectivity index (χ4n) is 2.38. The average Bonchev–Trinajstić information content (AvgIpc) is 2.59. The third kappa shape index (κ3) is 4.05. The second-order valence-corrected chi connectivity index (χ2v) is 5.46. The van der Waals surface area contributed by atoms with Crippen LogP contribution < -0.4 is 10.1 Å². The molecule has 3 rings (SSSR count). The number of benzene rings is 1. The van der Waals surface area contributed by atoms with Gasteiger partial charge in [0.15, 0.2) is 17.7 Å². The van der Waals surface area contributed by atoms with Crippen molar-refractivity contribution in [2.75, 3.05) is 20.1 Å². The third-order valence-corrected chi connectivity index (χ3v) is 3.70. The van der Waals surface area contributed by atoms with Crippen molar-refractivity contribution in [1.82, 2.24) is 10.3 Å². The Labute approximate surface area is 146 Å². The number of ether oxygens (including phenoxy) is 3. The van der Waals surface area contributed by atoms with E-state index >= 15 is 0 Å². The topological polar surface area (TPSA) is 69.7 Å². The molecule has 0 radical (unpaired) electrons. The standard InChI is InChI=1S/C17H15F3N2O4/c18-9-25-14-4-3-10(6-13(14)20)15(16-12(19)2-1-5-21-16)22-17(23)26-11-7-24-8-11/h1-6,11,15H,7-9H2,(H,22,23)/t15-/m0/s1. The normalized spacial score (nSPS) is 15.0. The number of alkyl halides is 1. The third-order valence-electron chi connectivity index (χ3n) is 3.70. The van der Waals surface area contributed by atoms with Crippen LogP contribution in [-0.2, 0) is 9.47 Å². The lowest BCUT2D eigenvalue weighted by Crippen LogP contribution is -2.42. The van der Waals surface area contributed by atoms with Crippen molar-refractivity contribution in [1.29, 1.82) is 0 Å². The predicted molar refractivity (Wildman–Crippen MR) is 83.3 cm³/mol. The van der Waals surface area contributed by atoms with E-state index in [-0.39, 0.29) is 36.3 Å². The molecule has 1 saturated heterocycles. The number of alkyl carbamates (subject to hydrolysis) is 1. The van der Waals surface area contributed by atoms with Gasteiger partial charge in [-0.1, -0.05) is 6.07 Å². The Morgan fingerprint density at radius 3 is 2.73 bits per heavy atom. The van der Waals surface area contributed by atoms with Crippen LogP contribution in [0.3, 0.4) is 0 Å². The summed E-state index contributed by atoms with van der Waals surface area (Å²) in [6.07, 6.45) is 0.133. The molecule has 1 N–H and O–H groups in total. The van der Waals surface area contributed by atoms with Crippen molar-refractivity contribution in [3.63, 3.8) is 0 Å². The van der Waals surface area contributed by atoms with Crippen LogP contribution >= 0.6 is 0 Å². The number of pyridine rings is 1. The SMILES string of the molecule is O=C(N[C@@H](c1ccc(OCF)c(F)c1)c1ncccc1F)OC1COC1. The molecule has 1 aliphatic heterocycles. The molecule has 2 heterocycles. The Kier molecular flexibility index (Phi) is 5.57. The van der Waals surface area contributed by atoms with Gasteiger partial charge < -0.3 is 19.5 Å². The number of carbonyl (C=O) groups is 1. The summed E-state index contributed by atoms with van der Waals surface area (Å²) in [6.45, 7) is -0.636. The number of aromatic nitrogens is 1. The zero-order valence-corrected chi connectivity index (χ0v) is 13.5. The molecule has 2 aromatic rings. The highest BCUT2D eigenvalue weighted by atomic mass is 19.1. The van der Waals surface area contributed by atoms with E-state index in [0.29, 0.717) is 0 Å². The Morgan fingerprint density at radius 1 is 1.31 bits per heavy atom. The summed E-state index contributed by atoms with van der Waals surface area (Å²) in [5.74, 6) is -1.84. The zero-order valence-electron chi connectivity index (χ0n) is 13.5. The van der Waals surface area contributed by atoms with Crippen LogP contribution in [0.4, 0.5) is 18.0 Å². The summed E-state index contributed by atoms with van der Waals surface area (Å²) in [4.78, 5) is 16.0. The minimum atomic E-state index is -1.19. The molecular weight excluding hydrogens is 353 g/mol. The monoisotopic (exact) mass is 368 g/mol. The van der Waals surface area contributed by atoms with Crippen molar-refractivity contribution < 1.29 is 32.2 Å². The first-order valence-corrected chi connectivity index (χ1v) is 7.72. The molecule has 0 spiro atoms. The zero-order chi connectivity index (χ0) is 18.5. The van der Waals surface area contributed by atoms with E-state index in [2.05, 4.69) is 15.0 Å². The Balaban J connectivity index is 1.88. The lowest BCUT2D eigenvalue weighted by atomic mass is 10.0. The molecule has 1 atom stereocenters. The fourth-order valence-corrected chi connectivity index (χ4v) is 2.38. The van der Waals surface area contributed by atoms with Gasteiger partial charge in [0.1, 0.15) is 17.6 Å². The molecule has 26 heavy (non-hydrogen) atoms. The molecule has 1 aromatic carbocycles. The number of nitrogens with zero attached hydrogens (tertiary/aromatic N) is 1. The maximum Gasteiger partial charge on any atom is 0.408 e. The molecule has 1 aliphatic rings. The molecule has 0 unspecified atom stereocenters. The number of hydrogen-bond donors (Lipinski definition) is 1. The average molecular weight is 368 g/mol. The number of amides is 1. The first-order chi connectivity index (χ1) is 12.6. The Hall–Kier alpha value is -2.81. The van der Waals surface area contributed by atoms with E-state index in [1.54, 1.807) is 0 Å². The molecule has 1 aromatic heterocycles. The fraction of sp³-hybridized carbons (Fsp3) is 0.294. The number of hydrogen-bond acceptors (Lipinski definition) is 5. The summed E-state index contributed by atoms with van der Waals surface area (Å²) in [5, 5.41) is 2.47.